The van der Waals surface area contributed by atoms with Crippen molar-refractivity contribution in [1.29, 1.82) is 0 Å². The van der Waals surface area contributed by atoms with Crippen molar-refractivity contribution in [3.63, 3.8) is 0 Å². The molecule has 23 heavy (non-hydrogen) atoms. The van der Waals surface area contributed by atoms with Crippen LogP contribution in [-0.4, -0.2) is 30.8 Å². The van der Waals surface area contributed by atoms with Crippen LogP contribution in [0.25, 0.3) is 0 Å². The first-order chi connectivity index (χ1) is 11.0. The number of sulfonamides is 1. The minimum absolute atomic E-state index is 0.0789. The van der Waals surface area contributed by atoms with E-state index in [2.05, 4.69) is 17.1 Å². The fraction of sp³-hybridized carbons (Fsp3) is 0.312. The van der Waals surface area contributed by atoms with Crippen molar-refractivity contribution in [2.75, 3.05) is 13.1 Å². The van der Waals surface area contributed by atoms with Crippen molar-refractivity contribution in [2.45, 2.75) is 23.7 Å². The lowest BCUT2D eigenvalue weighted by Gasteiger charge is -2.31. The summed E-state index contributed by atoms with van der Waals surface area (Å²) < 4.78 is 26.9. The molecule has 2 heterocycles. The maximum atomic E-state index is 12.7. The predicted octanol–water partition coefficient (Wildman–Crippen LogP) is 3.96. The van der Waals surface area contributed by atoms with E-state index in [-0.39, 0.29) is 15.2 Å². The normalized spacial score (nSPS) is 17.3. The van der Waals surface area contributed by atoms with Crippen molar-refractivity contribution in [1.82, 2.24) is 9.29 Å². The monoisotopic (exact) mass is 370 g/mol. The highest BCUT2D eigenvalue weighted by Gasteiger charge is 2.30. The molecule has 7 heteroatoms. The zero-order valence-electron chi connectivity index (χ0n) is 12.3. The van der Waals surface area contributed by atoms with E-state index in [0.717, 1.165) is 12.8 Å². The third kappa shape index (κ3) is 3.69. The molecule has 0 atom stereocenters. The van der Waals surface area contributed by atoms with E-state index in [1.807, 2.05) is 18.2 Å². The molecule has 1 aliphatic rings. The highest BCUT2D eigenvalue weighted by Crippen LogP contribution is 2.31. The Morgan fingerprint density at radius 2 is 1.57 bits per heavy atom. The highest BCUT2D eigenvalue weighted by molar-refractivity contribution is 7.89. The first-order valence-electron chi connectivity index (χ1n) is 7.35. The van der Waals surface area contributed by atoms with Gasteiger partial charge in [0.05, 0.1) is 4.90 Å². The van der Waals surface area contributed by atoms with E-state index in [1.54, 1.807) is 0 Å². The number of hydrogen-bond donors (Lipinski definition) is 0. The number of hydrogen-bond acceptors (Lipinski definition) is 3. The van der Waals surface area contributed by atoms with Crippen LogP contribution in [0.2, 0.25) is 10.3 Å². The van der Waals surface area contributed by atoms with Crippen LogP contribution in [0, 0.1) is 0 Å². The van der Waals surface area contributed by atoms with Crippen LogP contribution in [0.4, 0.5) is 0 Å². The van der Waals surface area contributed by atoms with Crippen LogP contribution >= 0.6 is 23.2 Å². The van der Waals surface area contributed by atoms with Gasteiger partial charge in [-0.25, -0.2) is 13.4 Å². The molecule has 1 aromatic carbocycles. The largest absolute Gasteiger partial charge is 0.243 e. The number of benzene rings is 1. The summed E-state index contributed by atoms with van der Waals surface area (Å²) in [6.45, 7) is 0.971. The molecule has 1 saturated heterocycles. The average Bonchev–Trinajstić information content (AvgIpc) is 2.55. The minimum Gasteiger partial charge on any atom is -0.224 e. The van der Waals surface area contributed by atoms with E-state index in [0.29, 0.717) is 19.0 Å². The molecule has 3 rings (SSSR count). The van der Waals surface area contributed by atoms with Gasteiger partial charge < -0.3 is 0 Å². The summed E-state index contributed by atoms with van der Waals surface area (Å²) >= 11 is 11.6. The van der Waals surface area contributed by atoms with Crippen LogP contribution in [0.3, 0.4) is 0 Å². The Morgan fingerprint density at radius 1 is 1.00 bits per heavy atom. The second-order valence-corrected chi connectivity index (χ2v) is 8.25. The standard InChI is InChI=1S/C16H16Cl2N2O2S/c17-15-10-14(11-16(18)19-15)23(21,22)20-8-6-13(7-9-20)12-4-2-1-3-5-12/h1-5,10-11,13H,6-9H2. The molecule has 0 aliphatic carbocycles. The van der Waals surface area contributed by atoms with Crippen molar-refractivity contribution >= 4 is 33.2 Å². The van der Waals surface area contributed by atoms with E-state index in [1.165, 1.54) is 22.0 Å². The summed E-state index contributed by atoms with van der Waals surface area (Å²) in [5.41, 5.74) is 1.26. The van der Waals surface area contributed by atoms with E-state index in [9.17, 15) is 8.42 Å². The SMILES string of the molecule is O=S(=O)(c1cc(Cl)nc(Cl)c1)N1CCC(c2ccccc2)CC1. The number of piperidine rings is 1. The molecule has 1 aromatic heterocycles. The van der Waals surface area contributed by atoms with E-state index >= 15 is 0 Å². The van der Waals surface area contributed by atoms with E-state index in [4.69, 9.17) is 23.2 Å². The smallest absolute Gasteiger partial charge is 0.224 e. The van der Waals surface area contributed by atoms with Crippen molar-refractivity contribution in [3.05, 3.63) is 58.3 Å². The summed E-state index contributed by atoms with van der Waals surface area (Å²) in [6.07, 6.45) is 1.60. The molecular formula is C16H16Cl2N2O2S. The molecule has 122 valence electrons. The number of nitrogens with zero attached hydrogens (tertiary/aromatic N) is 2. The lowest BCUT2D eigenvalue weighted by molar-refractivity contribution is 0.319. The molecule has 0 spiro atoms. The second kappa shape index (κ2) is 6.77. The molecule has 1 fully saturated rings. The van der Waals surface area contributed by atoms with Gasteiger partial charge >= 0.3 is 0 Å². The van der Waals surface area contributed by atoms with E-state index < -0.39 is 10.0 Å². The highest BCUT2D eigenvalue weighted by atomic mass is 35.5. The second-order valence-electron chi connectivity index (χ2n) is 5.54. The summed E-state index contributed by atoms with van der Waals surface area (Å²) in [4.78, 5) is 3.89. The van der Waals surface area contributed by atoms with Gasteiger partial charge in [-0.15, -0.1) is 0 Å². The topological polar surface area (TPSA) is 50.3 Å². The maximum absolute atomic E-state index is 12.7. The zero-order chi connectivity index (χ0) is 16.4. The summed E-state index contributed by atoms with van der Waals surface area (Å²) in [5.74, 6) is 0.396. The zero-order valence-corrected chi connectivity index (χ0v) is 14.7. The van der Waals surface area contributed by atoms with Crippen LogP contribution in [0.15, 0.2) is 47.4 Å². The molecule has 0 N–H and O–H groups in total. The molecule has 1 aliphatic heterocycles. The quantitative estimate of drug-likeness (QED) is 0.768. The van der Waals surface area contributed by atoms with Crippen molar-refractivity contribution < 1.29 is 8.42 Å². The molecule has 2 aromatic rings. The number of halogens is 2. The summed E-state index contributed by atoms with van der Waals surface area (Å²) in [5, 5.41) is 0.158. The molecular weight excluding hydrogens is 355 g/mol. The van der Waals surface area contributed by atoms with Crippen LogP contribution in [-0.2, 0) is 10.0 Å². The maximum Gasteiger partial charge on any atom is 0.243 e. The van der Waals surface area contributed by atoms with Gasteiger partial charge in [-0.05, 0) is 36.5 Å². The van der Waals surface area contributed by atoms with Crippen LogP contribution in [0.5, 0.6) is 0 Å². The molecule has 0 amide bonds. The molecule has 0 radical (unpaired) electrons. The first kappa shape index (κ1) is 16.7. The summed E-state index contributed by atoms with van der Waals surface area (Å²) in [7, 11) is -3.59. The third-order valence-corrected chi connectivity index (χ3v) is 6.36. The van der Waals surface area contributed by atoms with Gasteiger partial charge in [0.15, 0.2) is 0 Å². The Hall–Kier alpha value is -1.14. The van der Waals surface area contributed by atoms with Gasteiger partial charge in [0.2, 0.25) is 10.0 Å². The molecule has 4 nitrogen and oxygen atoms in total. The minimum atomic E-state index is -3.59. The van der Waals surface area contributed by atoms with Crippen molar-refractivity contribution in [3.8, 4) is 0 Å². The van der Waals surface area contributed by atoms with Gasteiger partial charge in [-0.2, -0.15) is 4.31 Å². The van der Waals surface area contributed by atoms with Gasteiger partial charge in [0, 0.05) is 13.1 Å². The van der Waals surface area contributed by atoms with Gasteiger partial charge in [-0.3, -0.25) is 0 Å². The van der Waals surface area contributed by atoms with Gasteiger partial charge in [0.1, 0.15) is 10.3 Å². The Morgan fingerprint density at radius 3 is 2.13 bits per heavy atom. The first-order valence-corrected chi connectivity index (χ1v) is 9.54. The molecule has 0 saturated carbocycles. The average molecular weight is 371 g/mol. The third-order valence-electron chi connectivity index (χ3n) is 4.10. The van der Waals surface area contributed by atoms with Gasteiger partial charge in [0.25, 0.3) is 0 Å². The van der Waals surface area contributed by atoms with Gasteiger partial charge in [-0.1, -0.05) is 53.5 Å². The van der Waals surface area contributed by atoms with Crippen molar-refractivity contribution in [2.24, 2.45) is 0 Å². The lowest BCUT2D eigenvalue weighted by Crippen LogP contribution is -2.37. The Labute approximate surface area is 146 Å². The predicted molar refractivity (Wildman–Crippen MR) is 91.4 cm³/mol. The van der Waals surface area contributed by atoms with Crippen LogP contribution < -0.4 is 0 Å². The number of rotatable bonds is 3. The number of aromatic nitrogens is 1. The fourth-order valence-electron chi connectivity index (χ4n) is 2.90. The lowest BCUT2D eigenvalue weighted by atomic mass is 9.90. The number of pyridine rings is 1. The summed E-state index contributed by atoms with van der Waals surface area (Å²) in [6, 6.07) is 12.9. The molecule has 0 unspecified atom stereocenters. The Kier molecular flexibility index (Phi) is 4.92. The Bertz CT molecular complexity index is 769. The van der Waals surface area contributed by atoms with Crippen LogP contribution in [0.1, 0.15) is 24.3 Å². The Balaban J connectivity index is 1.76. The molecule has 0 bridgehead atoms. The fourth-order valence-corrected chi connectivity index (χ4v) is 5.00.